The average molecular weight is 634 g/mol. The molecule has 7 rings (SSSR count). The lowest BCUT2D eigenvalue weighted by atomic mass is 9.93. The van der Waals surface area contributed by atoms with Crippen LogP contribution in [0.3, 0.4) is 0 Å². The number of carbonyl (C=O) groups is 2. The summed E-state index contributed by atoms with van der Waals surface area (Å²) in [7, 11) is 1.67. The number of likely N-dealkylation sites (tertiary alicyclic amines) is 1. The number of benzene rings is 2. The molecule has 3 aliphatic rings. The van der Waals surface area contributed by atoms with Gasteiger partial charge >= 0.3 is 0 Å². The van der Waals surface area contributed by atoms with E-state index in [4.69, 9.17) is 4.74 Å². The number of amides is 2. The summed E-state index contributed by atoms with van der Waals surface area (Å²) in [5, 5.41) is 13.7. The third-order valence-electron chi connectivity index (χ3n) is 9.46. The third kappa shape index (κ3) is 6.06. The second-order valence-corrected chi connectivity index (χ2v) is 12.6. The topological polar surface area (TPSA) is 117 Å². The highest BCUT2D eigenvalue weighted by Gasteiger charge is 2.31. The minimum absolute atomic E-state index is 0.0607. The van der Waals surface area contributed by atoms with Crippen molar-refractivity contribution in [3.63, 3.8) is 0 Å². The van der Waals surface area contributed by atoms with E-state index in [1.165, 1.54) is 29.2 Å². The van der Waals surface area contributed by atoms with E-state index in [2.05, 4.69) is 22.4 Å². The number of aromatic nitrogens is 2. The minimum atomic E-state index is -0.284. The number of nitrogens with zero attached hydrogens (tertiary/aromatic N) is 4. The van der Waals surface area contributed by atoms with E-state index >= 15 is 0 Å². The maximum atomic E-state index is 13.7. The molecule has 1 aliphatic carbocycles. The molecule has 242 valence electrons. The van der Waals surface area contributed by atoms with Crippen molar-refractivity contribution in [1.82, 2.24) is 14.5 Å². The molecule has 10 nitrogen and oxygen atoms in total. The van der Waals surface area contributed by atoms with Crippen LogP contribution in [-0.2, 0) is 24.8 Å². The maximum absolute atomic E-state index is 13.7. The van der Waals surface area contributed by atoms with Gasteiger partial charge in [0.25, 0.3) is 17.4 Å². The molecular weight excluding hydrogens is 594 g/mol. The van der Waals surface area contributed by atoms with Crippen LogP contribution in [0.25, 0.3) is 11.1 Å². The summed E-state index contributed by atoms with van der Waals surface area (Å²) in [4.78, 5) is 47.9. The number of ether oxygens (including phenoxy) is 1. The normalized spacial score (nSPS) is 17.6. The number of hydrogen-bond acceptors (Lipinski definition) is 7. The van der Waals surface area contributed by atoms with Gasteiger partial charge in [-0.05, 0) is 85.5 Å². The fourth-order valence-corrected chi connectivity index (χ4v) is 6.82. The first-order chi connectivity index (χ1) is 22.8. The van der Waals surface area contributed by atoms with Crippen molar-refractivity contribution in [3.05, 3.63) is 105 Å². The number of nitrogens with one attached hydrogen (secondary N) is 1. The highest BCUT2D eigenvalue weighted by molar-refractivity contribution is 6.09. The highest BCUT2D eigenvalue weighted by Crippen LogP contribution is 2.41. The van der Waals surface area contributed by atoms with Gasteiger partial charge in [0.15, 0.2) is 0 Å². The monoisotopic (exact) mass is 633 g/mol. The second kappa shape index (κ2) is 12.8. The molecule has 2 aromatic heterocycles. The van der Waals surface area contributed by atoms with E-state index in [-0.39, 0.29) is 30.1 Å². The average Bonchev–Trinajstić information content (AvgIpc) is 3.84. The summed E-state index contributed by atoms with van der Waals surface area (Å²) in [6, 6.07) is 17.0. The number of fused-ring (bicyclic) bond motifs is 1. The van der Waals surface area contributed by atoms with Crippen molar-refractivity contribution in [1.29, 1.82) is 0 Å². The quantitative estimate of drug-likeness (QED) is 0.266. The number of aliphatic hydroxyl groups is 1. The number of aryl methyl sites for hydroxylation is 1. The number of carbonyl (C=O) groups excluding carboxylic acids is 2. The first-order valence-corrected chi connectivity index (χ1v) is 16.4. The Morgan fingerprint density at radius 3 is 2.64 bits per heavy atom. The molecule has 1 atom stereocenters. The molecule has 47 heavy (non-hydrogen) atoms. The van der Waals surface area contributed by atoms with Gasteiger partial charge in [-0.1, -0.05) is 24.3 Å². The van der Waals surface area contributed by atoms with Crippen LogP contribution in [-0.4, -0.2) is 63.7 Å². The minimum Gasteiger partial charge on any atom is -0.392 e. The van der Waals surface area contributed by atoms with Gasteiger partial charge in [0, 0.05) is 62.4 Å². The molecule has 0 spiro atoms. The Labute approximate surface area is 273 Å². The van der Waals surface area contributed by atoms with Crippen LogP contribution in [0.1, 0.15) is 69.5 Å². The Hall–Kier alpha value is -4.80. The number of anilines is 3. The first kappa shape index (κ1) is 30.8. The molecule has 4 heterocycles. The molecule has 1 saturated heterocycles. The summed E-state index contributed by atoms with van der Waals surface area (Å²) in [6.45, 7) is 4.01. The van der Waals surface area contributed by atoms with E-state index in [1.54, 1.807) is 41.2 Å². The molecule has 0 radical (unpaired) electrons. The van der Waals surface area contributed by atoms with Crippen molar-refractivity contribution in [2.45, 2.75) is 51.2 Å². The smallest absolute Gasteiger partial charge is 0.274 e. The fourth-order valence-electron chi connectivity index (χ4n) is 6.82. The van der Waals surface area contributed by atoms with Crippen molar-refractivity contribution in [2.75, 3.05) is 36.5 Å². The fraction of sp³-hybridized carbons (Fsp3) is 0.351. The van der Waals surface area contributed by atoms with Crippen LogP contribution in [0.2, 0.25) is 0 Å². The molecule has 2 aliphatic heterocycles. The zero-order valence-electron chi connectivity index (χ0n) is 26.7. The molecule has 4 aromatic rings. The van der Waals surface area contributed by atoms with Gasteiger partial charge in [0.2, 0.25) is 0 Å². The predicted octanol–water partition coefficient (Wildman–Crippen LogP) is 5.01. The summed E-state index contributed by atoms with van der Waals surface area (Å²) in [6.07, 6.45) is 7.29. The zero-order chi connectivity index (χ0) is 32.7. The van der Waals surface area contributed by atoms with Crippen LogP contribution in [0.4, 0.5) is 17.2 Å². The van der Waals surface area contributed by atoms with E-state index in [9.17, 15) is 19.5 Å². The SMILES string of the molecule is CCOC1CCN(C(=O)c2ccc(Nc3cc(-c4cccc(N5CCc6cc(C7CC7)ccc6C5=O)c4CO)cn(C)c3=O)nc2)C1. The molecule has 1 saturated carbocycles. The first-order valence-electron chi connectivity index (χ1n) is 16.4. The van der Waals surface area contributed by atoms with Gasteiger partial charge in [0.05, 0.1) is 24.0 Å². The second-order valence-electron chi connectivity index (χ2n) is 12.6. The molecule has 2 aromatic carbocycles. The molecular formula is C37H39N5O5. The van der Waals surface area contributed by atoms with E-state index in [1.807, 2.05) is 31.2 Å². The van der Waals surface area contributed by atoms with Crippen molar-refractivity contribution in [3.8, 4) is 11.1 Å². The predicted molar refractivity (Wildman–Crippen MR) is 180 cm³/mol. The van der Waals surface area contributed by atoms with E-state index in [0.29, 0.717) is 71.6 Å². The van der Waals surface area contributed by atoms with Gasteiger partial charge < -0.3 is 29.5 Å². The lowest BCUT2D eigenvalue weighted by Crippen LogP contribution is -2.38. The number of hydrogen-bond donors (Lipinski definition) is 2. The molecule has 1 unspecified atom stereocenters. The van der Waals surface area contributed by atoms with Gasteiger partial charge in [-0.2, -0.15) is 0 Å². The highest BCUT2D eigenvalue weighted by atomic mass is 16.5. The Bertz CT molecular complexity index is 1900. The Balaban J connectivity index is 1.13. The number of aliphatic hydroxyl groups excluding tert-OH is 1. The summed E-state index contributed by atoms with van der Waals surface area (Å²) in [5.74, 6) is 0.873. The number of pyridine rings is 2. The Morgan fingerprint density at radius 2 is 1.89 bits per heavy atom. The van der Waals surface area contributed by atoms with Gasteiger partial charge in [0.1, 0.15) is 11.5 Å². The van der Waals surface area contributed by atoms with E-state index < -0.39 is 0 Å². The van der Waals surface area contributed by atoms with Crippen LogP contribution in [0.15, 0.2) is 71.8 Å². The molecule has 2 fully saturated rings. The van der Waals surface area contributed by atoms with E-state index in [0.717, 1.165) is 24.0 Å². The van der Waals surface area contributed by atoms with Gasteiger partial charge in [-0.15, -0.1) is 0 Å². The zero-order valence-corrected chi connectivity index (χ0v) is 26.7. The molecule has 10 heteroatoms. The standard InChI is InChI=1S/C37H39N5O5/c1-3-47-28-14-15-41(21-28)35(44)26-10-12-34(38-19-26)39-32-18-27(20-40(2)37(32)46)29-5-4-6-33(31(29)22-43)42-16-13-25-17-24(23-7-8-23)9-11-30(25)36(42)45/h4-6,9-12,17-20,23,28,43H,3,7-8,13-16,21-22H2,1-2H3,(H,38,39). The van der Waals surface area contributed by atoms with Crippen LogP contribution in [0, 0.1) is 0 Å². The summed E-state index contributed by atoms with van der Waals surface area (Å²) >= 11 is 0. The van der Waals surface area contributed by atoms with Crippen LogP contribution < -0.4 is 15.8 Å². The molecule has 0 bridgehead atoms. The van der Waals surface area contributed by atoms with Crippen LogP contribution in [0.5, 0.6) is 0 Å². The van der Waals surface area contributed by atoms with Crippen molar-refractivity contribution < 1.29 is 19.4 Å². The number of rotatable bonds is 9. The largest absolute Gasteiger partial charge is 0.392 e. The summed E-state index contributed by atoms with van der Waals surface area (Å²) in [5.41, 5.74) is 6.30. The lowest BCUT2D eigenvalue weighted by molar-refractivity contribution is 0.0598. The Kier molecular flexibility index (Phi) is 8.38. The third-order valence-corrected chi connectivity index (χ3v) is 9.46. The Morgan fingerprint density at radius 1 is 1.04 bits per heavy atom. The van der Waals surface area contributed by atoms with Crippen LogP contribution >= 0.6 is 0 Å². The van der Waals surface area contributed by atoms with Gasteiger partial charge in [-0.3, -0.25) is 14.4 Å². The van der Waals surface area contributed by atoms with Crippen molar-refractivity contribution in [2.24, 2.45) is 7.05 Å². The van der Waals surface area contributed by atoms with Crippen molar-refractivity contribution >= 4 is 29.0 Å². The lowest BCUT2D eigenvalue weighted by Gasteiger charge is -2.31. The summed E-state index contributed by atoms with van der Waals surface area (Å²) < 4.78 is 7.14. The maximum Gasteiger partial charge on any atom is 0.274 e. The molecule has 2 N–H and O–H groups in total. The molecule has 2 amide bonds. The van der Waals surface area contributed by atoms with Gasteiger partial charge in [-0.25, -0.2) is 4.98 Å².